The van der Waals surface area contributed by atoms with Crippen LogP contribution >= 0.6 is 0 Å². The zero-order valence-electron chi connectivity index (χ0n) is 14.1. The lowest BCUT2D eigenvalue weighted by Crippen LogP contribution is -2.55. The van der Waals surface area contributed by atoms with Crippen LogP contribution in [0.25, 0.3) is 0 Å². The SMILES string of the molecule is CC[C@@H]1CN(C(C)=O)CC[C@@H]1N[C@@H](C)C(=O)NCC(C)C. The second-order valence-corrected chi connectivity index (χ2v) is 6.56. The van der Waals surface area contributed by atoms with E-state index in [-0.39, 0.29) is 17.9 Å². The Morgan fingerprint density at radius 1 is 1.29 bits per heavy atom. The van der Waals surface area contributed by atoms with E-state index in [2.05, 4.69) is 31.4 Å². The maximum Gasteiger partial charge on any atom is 0.236 e. The second kappa shape index (κ2) is 8.37. The number of carbonyl (C=O) groups is 2. The van der Waals surface area contributed by atoms with E-state index in [0.29, 0.717) is 24.4 Å². The van der Waals surface area contributed by atoms with E-state index in [0.717, 1.165) is 25.9 Å². The highest BCUT2D eigenvalue weighted by Gasteiger charge is 2.30. The minimum atomic E-state index is -0.188. The number of carbonyl (C=O) groups excluding carboxylic acids is 2. The summed E-state index contributed by atoms with van der Waals surface area (Å²) in [6, 6.07) is 0.122. The van der Waals surface area contributed by atoms with Gasteiger partial charge in [-0.25, -0.2) is 0 Å². The van der Waals surface area contributed by atoms with Crippen molar-refractivity contribution in [3.63, 3.8) is 0 Å². The fraction of sp³-hybridized carbons (Fsp3) is 0.875. The summed E-state index contributed by atoms with van der Waals surface area (Å²) in [6.45, 7) is 12.2. The molecule has 0 aromatic heterocycles. The number of hydrogen-bond donors (Lipinski definition) is 2. The van der Waals surface area contributed by atoms with E-state index in [4.69, 9.17) is 0 Å². The normalized spacial score (nSPS) is 24.0. The van der Waals surface area contributed by atoms with Gasteiger partial charge in [0.1, 0.15) is 0 Å². The van der Waals surface area contributed by atoms with Crippen molar-refractivity contribution in [1.29, 1.82) is 0 Å². The standard InChI is InChI=1S/C16H31N3O2/c1-6-14-10-19(13(5)20)8-7-15(14)18-12(4)16(21)17-9-11(2)3/h11-12,14-15,18H,6-10H2,1-5H3,(H,17,21)/t12-,14+,15-/m0/s1. The molecule has 1 heterocycles. The van der Waals surface area contributed by atoms with Crippen LogP contribution in [-0.4, -0.2) is 48.4 Å². The van der Waals surface area contributed by atoms with Crippen molar-refractivity contribution < 1.29 is 9.59 Å². The fourth-order valence-electron chi connectivity index (χ4n) is 2.81. The summed E-state index contributed by atoms with van der Waals surface area (Å²) in [7, 11) is 0. The molecule has 0 unspecified atom stereocenters. The molecule has 0 bridgehead atoms. The molecule has 0 radical (unpaired) electrons. The second-order valence-electron chi connectivity index (χ2n) is 6.56. The van der Waals surface area contributed by atoms with Crippen LogP contribution < -0.4 is 10.6 Å². The lowest BCUT2D eigenvalue weighted by Gasteiger charge is -2.39. The average Bonchev–Trinajstić information content (AvgIpc) is 2.44. The summed E-state index contributed by atoms with van der Waals surface area (Å²) in [6.07, 6.45) is 1.93. The van der Waals surface area contributed by atoms with Crippen molar-refractivity contribution in [2.45, 2.75) is 59.5 Å². The number of likely N-dealkylation sites (tertiary alicyclic amines) is 1. The summed E-state index contributed by atoms with van der Waals surface area (Å²) in [5.74, 6) is 1.09. The van der Waals surface area contributed by atoms with Gasteiger partial charge in [0.2, 0.25) is 11.8 Å². The quantitative estimate of drug-likeness (QED) is 0.779. The number of rotatable bonds is 6. The smallest absolute Gasteiger partial charge is 0.236 e. The van der Waals surface area contributed by atoms with Crippen LogP contribution in [0.1, 0.15) is 47.5 Å². The van der Waals surface area contributed by atoms with Crippen molar-refractivity contribution >= 4 is 11.8 Å². The molecule has 0 aromatic rings. The molecule has 21 heavy (non-hydrogen) atoms. The molecule has 0 aromatic carbocycles. The third kappa shape index (κ3) is 5.65. The monoisotopic (exact) mass is 297 g/mol. The van der Waals surface area contributed by atoms with Crippen LogP contribution in [0.2, 0.25) is 0 Å². The van der Waals surface area contributed by atoms with Crippen molar-refractivity contribution in [2.24, 2.45) is 11.8 Å². The summed E-state index contributed by atoms with van der Waals surface area (Å²) in [5, 5.41) is 6.42. The molecule has 1 aliphatic rings. The van der Waals surface area contributed by atoms with Gasteiger partial charge in [-0.1, -0.05) is 27.2 Å². The molecule has 1 fully saturated rings. The van der Waals surface area contributed by atoms with Crippen LogP contribution in [-0.2, 0) is 9.59 Å². The molecule has 5 nitrogen and oxygen atoms in total. The van der Waals surface area contributed by atoms with Gasteiger partial charge in [-0.15, -0.1) is 0 Å². The minimum Gasteiger partial charge on any atom is -0.354 e. The number of amides is 2. The maximum atomic E-state index is 12.1. The Labute approximate surface area is 128 Å². The van der Waals surface area contributed by atoms with Gasteiger partial charge >= 0.3 is 0 Å². The number of piperidine rings is 1. The van der Waals surface area contributed by atoms with Gasteiger partial charge in [-0.05, 0) is 25.2 Å². The molecule has 1 rings (SSSR count). The Hall–Kier alpha value is -1.10. The molecule has 0 aliphatic carbocycles. The van der Waals surface area contributed by atoms with Gasteiger partial charge in [0.15, 0.2) is 0 Å². The number of nitrogens with one attached hydrogen (secondary N) is 2. The molecule has 5 heteroatoms. The first-order valence-electron chi connectivity index (χ1n) is 8.14. The average molecular weight is 297 g/mol. The van der Waals surface area contributed by atoms with Gasteiger partial charge in [-0.3, -0.25) is 9.59 Å². The number of hydrogen-bond acceptors (Lipinski definition) is 3. The highest BCUT2D eigenvalue weighted by molar-refractivity contribution is 5.81. The van der Waals surface area contributed by atoms with Gasteiger partial charge < -0.3 is 15.5 Å². The Morgan fingerprint density at radius 2 is 1.95 bits per heavy atom. The molecule has 1 aliphatic heterocycles. The van der Waals surface area contributed by atoms with Crippen LogP contribution in [0, 0.1) is 11.8 Å². The fourth-order valence-corrected chi connectivity index (χ4v) is 2.81. The third-order valence-electron chi connectivity index (χ3n) is 4.25. The topological polar surface area (TPSA) is 61.4 Å². The summed E-state index contributed by atoms with van der Waals surface area (Å²) >= 11 is 0. The molecular weight excluding hydrogens is 266 g/mol. The molecular formula is C16H31N3O2. The Kier molecular flexibility index (Phi) is 7.15. The first-order valence-corrected chi connectivity index (χ1v) is 8.14. The summed E-state index contributed by atoms with van der Waals surface area (Å²) in [5.41, 5.74) is 0. The van der Waals surface area contributed by atoms with Crippen LogP contribution in [0.3, 0.4) is 0 Å². The zero-order valence-corrected chi connectivity index (χ0v) is 14.1. The van der Waals surface area contributed by atoms with Crippen LogP contribution in [0.5, 0.6) is 0 Å². The van der Waals surface area contributed by atoms with Crippen molar-refractivity contribution in [1.82, 2.24) is 15.5 Å². The molecule has 2 N–H and O–H groups in total. The van der Waals surface area contributed by atoms with Gasteiger partial charge in [0.05, 0.1) is 6.04 Å². The van der Waals surface area contributed by atoms with Crippen LogP contribution in [0.15, 0.2) is 0 Å². The highest BCUT2D eigenvalue weighted by atomic mass is 16.2. The Balaban J connectivity index is 2.49. The third-order valence-corrected chi connectivity index (χ3v) is 4.25. The van der Waals surface area contributed by atoms with E-state index < -0.39 is 0 Å². The minimum absolute atomic E-state index is 0.0625. The molecule has 3 atom stereocenters. The Bertz CT molecular complexity index is 357. The molecule has 0 spiro atoms. The highest BCUT2D eigenvalue weighted by Crippen LogP contribution is 2.20. The van der Waals surface area contributed by atoms with E-state index >= 15 is 0 Å². The van der Waals surface area contributed by atoms with Gasteiger partial charge in [-0.2, -0.15) is 0 Å². The number of nitrogens with zero attached hydrogens (tertiary/aromatic N) is 1. The lowest BCUT2D eigenvalue weighted by atomic mass is 9.89. The predicted octanol–water partition coefficient (Wildman–Crippen LogP) is 1.38. The van der Waals surface area contributed by atoms with E-state index in [9.17, 15) is 9.59 Å². The maximum absolute atomic E-state index is 12.1. The van der Waals surface area contributed by atoms with Gasteiger partial charge in [0, 0.05) is 32.6 Å². The van der Waals surface area contributed by atoms with E-state index in [1.165, 1.54) is 0 Å². The first kappa shape index (κ1) is 18.0. The van der Waals surface area contributed by atoms with Crippen LogP contribution in [0.4, 0.5) is 0 Å². The predicted molar refractivity (Wildman–Crippen MR) is 84.9 cm³/mol. The Morgan fingerprint density at radius 3 is 2.48 bits per heavy atom. The van der Waals surface area contributed by atoms with Crippen molar-refractivity contribution in [3.05, 3.63) is 0 Å². The van der Waals surface area contributed by atoms with Crippen molar-refractivity contribution in [2.75, 3.05) is 19.6 Å². The molecule has 0 saturated carbocycles. The molecule has 1 saturated heterocycles. The first-order chi connectivity index (χ1) is 9.85. The zero-order chi connectivity index (χ0) is 16.0. The summed E-state index contributed by atoms with van der Waals surface area (Å²) < 4.78 is 0. The van der Waals surface area contributed by atoms with E-state index in [1.807, 2.05) is 11.8 Å². The summed E-state index contributed by atoms with van der Waals surface area (Å²) in [4.78, 5) is 25.5. The van der Waals surface area contributed by atoms with Crippen molar-refractivity contribution in [3.8, 4) is 0 Å². The van der Waals surface area contributed by atoms with Gasteiger partial charge in [0.25, 0.3) is 0 Å². The molecule has 2 amide bonds. The lowest BCUT2D eigenvalue weighted by molar-refractivity contribution is -0.131. The van der Waals surface area contributed by atoms with E-state index in [1.54, 1.807) is 6.92 Å². The largest absolute Gasteiger partial charge is 0.354 e. The molecule has 122 valence electrons.